The van der Waals surface area contributed by atoms with E-state index in [0.29, 0.717) is 11.7 Å². The van der Waals surface area contributed by atoms with Crippen LogP contribution in [0.5, 0.6) is 5.75 Å². The average molecular weight is 497 g/mol. The van der Waals surface area contributed by atoms with E-state index in [1.165, 1.54) is 29.5 Å². The molecule has 0 radical (unpaired) electrons. The van der Waals surface area contributed by atoms with Gasteiger partial charge in [-0.2, -0.15) is 0 Å². The predicted octanol–water partition coefficient (Wildman–Crippen LogP) is 8.55. The molecule has 2 N–H and O–H groups in total. The molecule has 0 heterocycles. The molecule has 0 amide bonds. The van der Waals surface area contributed by atoms with Crippen molar-refractivity contribution in [1.82, 2.24) is 5.32 Å². The van der Waals surface area contributed by atoms with Crippen molar-refractivity contribution in [2.45, 2.75) is 104 Å². The fraction of sp³-hybridized carbons (Fsp3) is 0.581. The summed E-state index contributed by atoms with van der Waals surface area (Å²) in [5.41, 5.74) is 5.39. The van der Waals surface area contributed by atoms with Gasteiger partial charge in [0, 0.05) is 17.8 Å². The molecule has 2 rings (SSSR count). The molecule has 4 heteroatoms. The first kappa shape index (κ1) is 29.2. The summed E-state index contributed by atoms with van der Waals surface area (Å²) in [5.74, 6) is 1.03. The predicted molar refractivity (Wildman–Crippen MR) is 157 cm³/mol. The number of unbranched alkanes of at least 4 members (excludes halogenated alkanes) is 2. The van der Waals surface area contributed by atoms with Gasteiger partial charge in [-0.3, -0.25) is 0 Å². The van der Waals surface area contributed by atoms with E-state index >= 15 is 0 Å². The molecular formula is C31H48N2OS. The fourth-order valence-corrected chi connectivity index (χ4v) is 4.14. The molecule has 0 saturated heterocycles. The Morgan fingerprint density at radius 2 is 1.54 bits per heavy atom. The van der Waals surface area contributed by atoms with Crippen molar-refractivity contribution < 1.29 is 4.74 Å². The Kier molecular flexibility index (Phi) is 11.6. The molecule has 0 unspecified atom stereocenters. The Morgan fingerprint density at radius 3 is 2.17 bits per heavy atom. The molecule has 0 spiro atoms. The Labute approximate surface area is 220 Å². The van der Waals surface area contributed by atoms with Gasteiger partial charge in [-0.25, -0.2) is 0 Å². The first-order valence-corrected chi connectivity index (χ1v) is 14.0. The van der Waals surface area contributed by atoms with Crippen LogP contribution in [-0.4, -0.2) is 18.3 Å². The number of anilines is 1. The Morgan fingerprint density at radius 1 is 0.857 bits per heavy atom. The number of nitrogens with one attached hydrogen (secondary N) is 2. The van der Waals surface area contributed by atoms with Gasteiger partial charge in [0.2, 0.25) is 0 Å². The van der Waals surface area contributed by atoms with Crippen LogP contribution in [0.4, 0.5) is 5.69 Å². The smallest absolute Gasteiger partial charge is 0.170 e. The fourth-order valence-electron chi connectivity index (χ4n) is 3.92. The minimum atomic E-state index is 0.0861. The van der Waals surface area contributed by atoms with E-state index in [1.54, 1.807) is 0 Å². The van der Waals surface area contributed by atoms with Crippen molar-refractivity contribution in [3.05, 3.63) is 59.2 Å². The van der Waals surface area contributed by atoms with E-state index in [4.69, 9.17) is 17.0 Å². The highest BCUT2D eigenvalue weighted by Gasteiger charge is 2.26. The molecule has 0 aliphatic rings. The molecule has 194 valence electrons. The quantitative estimate of drug-likeness (QED) is 0.203. The summed E-state index contributed by atoms with van der Waals surface area (Å²) in [5, 5.41) is 7.28. The van der Waals surface area contributed by atoms with E-state index in [2.05, 4.69) is 102 Å². The first-order valence-electron chi connectivity index (χ1n) is 13.5. The summed E-state index contributed by atoms with van der Waals surface area (Å²) >= 11 is 5.46. The lowest BCUT2D eigenvalue weighted by molar-refractivity contribution is 0.296. The standard InChI is InChI=1S/C31H48N2OS/c1-8-11-14-24-15-18-26(19-16-24)33-29(35)32-21-12-13-22-34-28-20-17-25(30(4,5)9-2)23-27(28)31(6,7)10-3/h15-20,23H,8-14,21-22H2,1-7H3,(H2,32,33,35). The van der Waals surface area contributed by atoms with Gasteiger partial charge >= 0.3 is 0 Å². The molecule has 35 heavy (non-hydrogen) atoms. The largest absolute Gasteiger partial charge is 0.493 e. The number of thiocarbonyl (C=S) groups is 1. The number of hydrogen-bond donors (Lipinski definition) is 2. The van der Waals surface area contributed by atoms with E-state index in [-0.39, 0.29) is 10.8 Å². The highest BCUT2D eigenvalue weighted by molar-refractivity contribution is 7.80. The van der Waals surface area contributed by atoms with Crippen molar-refractivity contribution in [3.63, 3.8) is 0 Å². The molecule has 0 fully saturated rings. The van der Waals surface area contributed by atoms with Gasteiger partial charge in [-0.15, -0.1) is 0 Å². The average Bonchev–Trinajstić information content (AvgIpc) is 2.85. The Hall–Kier alpha value is -2.07. The van der Waals surface area contributed by atoms with Crippen LogP contribution in [0.3, 0.4) is 0 Å². The van der Waals surface area contributed by atoms with Gasteiger partial charge in [0.25, 0.3) is 0 Å². The van der Waals surface area contributed by atoms with Crippen LogP contribution in [0.25, 0.3) is 0 Å². The summed E-state index contributed by atoms with van der Waals surface area (Å²) in [6, 6.07) is 15.4. The monoisotopic (exact) mass is 496 g/mol. The number of ether oxygens (including phenoxy) is 1. The molecule has 0 saturated carbocycles. The van der Waals surface area contributed by atoms with Gasteiger partial charge in [0.15, 0.2) is 5.11 Å². The van der Waals surface area contributed by atoms with Crippen molar-refractivity contribution in [3.8, 4) is 5.75 Å². The summed E-state index contributed by atoms with van der Waals surface area (Å²) in [7, 11) is 0. The third-order valence-corrected chi connectivity index (χ3v) is 7.65. The molecule has 0 aromatic heterocycles. The van der Waals surface area contributed by atoms with E-state index in [1.807, 2.05) is 0 Å². The van der Waals surface area contributed by atoms with Gasteiger partial charge in [-0.05, 0) is 90.9 Å². The zero-order chi connectivity index (χ0) is 25.9. The molecule has 0 atom stereocenters. The van der Waals surface area contributed by atoms with Crippen molar-refractivity contribution in [2.75, 3.05) is 18.5 Å². The summed E-state index contributed by atoms with van der Waals surface area (Å²) < 4.78 is 6.29. The Bertz CT molecular complexity index is 918. The van der Waals surface area contributed by atoms with E-state index in [0.717, 1.165) is 50.1 Å². The normalized spacial score (nSPS) is 11.9. The van der Waals surface area contributed by atoms with Gasteiger partial charge in [0.1, 0.15) is 5.75 Å². The van der Waals surface area contributed by atoms with Crippen LogP contribution in [0.2, 0.25) is 0 Å². The van der Waals surface area contributed by atoms with Crippen LogP contribution >= 0.6 is 12.2 Å². The number of rotatable bonds is 14. The van der Waals surface area contributed by atoms with Crippen molar-refractivity contribution in [2.24, 2.45) is 0 Å². The molecule has 3 nitrogen and oxygen atoms in total. The van der Waals surface area contributed by atoms with Crippen molar-refractivity contribution in [1.29, 1.82) is 0 Å². The lowest BCUT2D eigenvalue weighted by atomic mass is 9.76. The summed E-state index contributed by atoms with van der Waals surface area (Å²) in [6.45, 7) is 17.6. The maximum atomic E-state index is 6.29. The zero-order valence-electron chi connectivity index (χ0n) is 23.2. The zero-order valence-corrected chi connectivity index (χ0v) is 24.0. The summed E-state index contributed by atoms with van der Waals surface area (Å²) in [4.78, 5) is 0. The van der Waals surface area contributed by atoms with Gasteiger partial charge in [-0.1, -0.05) is 79.2 Å². The van der Waals surface area contributed by atoms with Crippen LogP contribution in [0.15, 0.2) is 42.5 Å². The topological polar surface area (TPSA) is 33.3 Å². The molecule has 2 aromatic rings. The lowest BCUT2D eigenvalue weighted by Crippen LogP contribution is -2.29. The lowest BCUT2D eigenvalue weighted by Gasteiger charge is -2.30. The molecule has 2 aromatic carbocycles. The van der Waals surface area contributed by atoms with Gasteiger partial charge in [0.05, 0.1) is 6.61 Å². The first-order chi connectivity index (χ1) is 16.6. The summed E-state index contributed by atoms with van der Waals surface area (Å²) in [6.07, 6.45) is 7.78. The third-order valence-electron chi connectivity index (χ3n) is 7.40. The van der Waals surface area contributed by atoms with Gasteiger partial charge < -0.3 is 15.4 Å². The minimum absolute atomic E-state index is 0.0861. The molecular weight excluding hydrogens is 448 g/mol. The maximum absolute atomic E-state index is 6.29. The Balaban J connectivity index is 1.80. The second kappa shape index (κ2) is 13.9. The molecule has 0 aliphatic heterocycles. The SMILES string of the molecule is CCCCc1ccc(NC(=S)NCCCCOc2ccc(C(C)(C)CC)cc2C(C)(C)CC)cc1. The number of hydrogen-bond acceptors (Lipinski definition) is 2. The molecule has 0 bridgehead atoms. The highest BCUT2D eigenvalue weighted by atomic mass is 32.1. The van der Waals surface area contributed by atoms with Crippen LogP contribution in [0, 0.1) is 0 Å². The van der Waals surface area contributed by atoms with Crippen LogP contribution < -0.4 is 15.4 Å². The number of benzene rings is 2. The molecule has 0 aliphatic carbocycles. The maximum Gasteiger partial charge on any atom is 0.170 e. The number of aryl methyl sites for hydroxylation is 1. The highest BCUT2D eigenvalue weighted by Crippen LogP contribution is 2.38. The second-order valence-electron chi connectivity index (χ2n) is 10.9. The second-order valence-corrected chi connectivity index (χ2v) is 11.3. The van der Waals surface area contributed by atoms with E-state index < -0.39 is 0 Å². The third kappa shape index (κ3) is 9.14. The van der Waals surface area contributed by atoms with Crippen LogP contribution in [-0.2, 0) is 17.3 Å². The van der Waals surface area contributed by atoms with Crippen molar-refractivity contribution >= 4 is 23.0 Å². The minimum Gasteiger partial charge on any atom is -0.493 e. The van der Waals surface area contributed by atoms with E-state index in [9.17, 15) is 0 Å². The van der Waals surface area contributed by atoms with Crippen LogP contribution in [0.1, 0.15) is 104 Å².